The lowest BCUT2D eigenvalue weighted by atomic mass is 10.1. The Morgan fingerprint density at radius 2 is 1.91 bits per heavy atom. The van der Waals surface area contributed by atoms with Crippen molar-refractivity contribution in [3.05, 3.63) is 53.1 Å². The minimum atomic E-state index is -0.988. The Hall–Kier alpha value is -3.79. The first-order chi connectivity index (χ1) is 16.0. The SMILES string of the molecule is CCOC(=O)c1c(-c2ccc(C)o2)csc1NC(=O)COC(=O)C1COc2ccccc2O1. The van der Waals surface area contributed by atoms with Gasteiger partial charge in [-0.15, -0.1) is 11.3 Å². The number of thiophene rings is 1. The molecule has 0 radical (unpaired) electrons. The molecule has 33 heavy (non-hydrogen) atoms. The highest BCUT2D eigenvalue weighted by molar-refractivity contribution is 7.15. The predicted octanol–water partition coefficient (Wildman–Crippen LogP) is 3.81. The van der Waals surface area contributed by atoms with E-state index in [1.165, 1.54) is 0 Å². The molecule has 2 aromatic heterocycles. The van der Waals surface area contributed by atoms with Crippen LogP contribution in [0.25, 0.3) is 11.3 Å². The van der Waals surface area contributed by atoms with Gasteiger partial charge in [-0.2, -0.15) is 0 Å². The highest BCUT2D eigenvalue weighted by Gasteiger charge is 2.30. The van der Waals surface area contributed by atoms with E-state index in [1.54, 1.807) is 55.6 Å². The molecule has 10 heteroatoms. The Bertz CT molecular complexity index is 1180. The molecule has 0 fully saturated rings. The summed E-state index contributed by atoms with van der Waals surface area (Å²) in [5, 5.41) is 4.57. The third-order valence-electron chi connectivity index (χ3n) is 4.65. The van der Waals surface area contributed by atoms with E-state index >= 15 is 0 Å². The minimum absolute atomic E-state index is 0.0265. The molecule has 9 nitrogen and oxygen atoms in total. The summed E-state index contributed by atoms with van der Waals surface area (Å²) in [5.41, 5.74) is 0.682. The summed E-state index contributed by atoms with van der Waals surface area (Å²) in [6.07, 6.45) is -0.988. The third kappa shape index (κ3) is 5.01. The maximum Gasteiger partial charge on any atom is 0.351 e. The second-order valence-corrected chi connectivity index (χ2v) is 7.88. The molecule has 1 aromatic carbocycles. The summed E-state index contributed by atoms with van der Waals surface area (Å²) in [5.74, 6) is 0.174. The maximum absolute atomic E-state index is 12.6. The van der Waals surface area contributed by atoms with Crippen LogP contribution in [-0.2, 0) is 19.1 Å². The van der Waals surface area contributed by atoms with E-state index in [9.17, 15) is 14.4 Å². The fraction of sp³-hybridized carbons (Fsp3) is 0.261. The Kier molecular flexibility index (Phi) is 6.64. The Balaban J connectivity index is 1.40. The van der Waals surface area contributed by atoms with Gasteiger partial charge in [-0.3, -0.25) is 4.79 Å². The number of carbonyl (C=O) groups is 3. The van der Waals surface area contributed by atoms with Crippen LogP contribution >= 0.6 is 11.3 Å². The van der Waals surface area contributed by atoms with Crippen LogP contribution in [0.1, 0.15) is 23.0 Å². The summed E-state index contributed by atoms with van der Waals surface area (Å²) in [6, 6.07) is 10.5. The number of hydrogen-bond donors (Lipinski definition) is 1. The number of rotatable bonds is 7. The van der Waals surface area contributed by atoms with E-state index in [-0.39, 0.29) is 23.8 Å². The van der Waals surface area contributed by atoms with Crippen molar-refractivity contribution < 1.29 is 37.7 Å². The van der Waals surface area contributed by atoms with Crippen LogP contribution in [0.15, 0.2) is 46.2 Å². The van der Waals surface area contributed by atoms with Gasteiger partial charge in [-0.1, -0.05) is 12.1 Å². The molecule has 172 valence electrons. The number of fused-ring (bicyclic) bond motifs is 1. The Labute approximate surface area is 193 Å². The quantitative estimate of drug-likeness (QED) is 0.518. The second kappa shape index (κ2) is 9.78. The average Bonchev–Trinajstić information content (AvgIpc) is 3.43. The van der Waals surface area contributed by atoms with Crippen molar-refractivity contribution in [1.82, 2.24) is 0 Å². The van der Waals surface area contributed by atoms with E-state index in [2.05, 4.69) is 5.32 Å². The van der Waals surface area contributed by atoms with E-state index in [0.29, 0.717) is 28.6 Å². The highest BCUT2D eigenvalue weighted by atomic mass is 32.1. The van der Waals surface area contributed by atoms with Gasteiger partial charge in [0.25, 0.3) is 5.91 Å². The molecule has 1 amide bonds. The molecule has 3 aromatic rings. The first-order valence-electron chi connectivity index (χ1n) is 10.2. The zero-order chi connectivity index (χ0) is 23.4. The number of amides is 1. The zero-order valence-electron chi connectivity index (χ0n) is 17.9. The molecule has 0 saturated heterocycles. The number of nitrogens with one attached hydrogen (secondary N) is 1. The average molecular weight is 471 g/mol. The number of para-hydroxylation sites is 2. The first-order valence-corrected chi connectivity index (χ1v) is 11.0. The van der Waals surface area contributed by atoms with Gasteiger partial charge in [0.05, 0.1) is 6.61 Å². The minimum Gasteiger partial charge on any atom is -0.485 e. The lowest BCUT2D eigenvalue weighted by Crippen LogP contribution is -2.39. The molecular formula is C23H21NO8S. The number of hydrogen-bond acceptors (Lipinski definition) is 9. The Morgan fingerprint density at radius 3 is 2.64 bits per heavy atom. The largest absolute Gasteiger partial charge is 0.485 e. The van der Waals surface area contributed by atoms with Gasteiger partial charge in [0.1, 0.15) is 28.7 Å². The molecule has 0 bridgehead atoms. The molecule has 0 spiro atoms. The number of ether oxygens (including phenoxy) is 4. The number of carbonyl (C=O) groups excluding carboxylic acids is 3. The molecule has 1 aliphatic heterocycles. The van der Waals surface area contributed by atoms with Crippen molar-refractivity contribution in [3.63, 3.8) is 0 Å². The van der Waals surface area contributed by atoms with Gasteiger partial charge in [0.2, 0.25) is 6.10 Å². The molecule has 1 N–H and O–H groups in total. The van der Waals surface area contributed by atoms with Crippen LogP contribution in [0.3, 0.4) is 0 Å². The normalized spacial score (nSPS) is 14.4. The van der Waals surface area contributed by atoms with Crippen molar-refractivity contribution in [2.24, 2.45) is 0 Å². The number of furan rings is 1. The van der Waals surface area contributed by atoms with Crippen LogP contribution < -0.4 is 14.8 Å². The van der Waals surface area contributed by atoms with Crippen molar-refractivity contribution in [2.45, 2.75) is 20.0 Å². The van der Waals surface area contributed by atoms with Gasteiger partial charge in [0, 0.05) is 10.9 Å². The molecule has 1 atom stereocenters. The molecule has 4 rings (SSSR count). The standard InChI is InChI=1S/C23H21NO8S/c1-3-28-23(27)20-14(15-9-8-13(2)31-15)12-33-21(20)24-19(25)11-30-22(26)18-10-29-16-6-4-5-7-17(16)32-18/h4-9,12,18H,3,10-11H2,1-2H3,(H,24,25). The van der Waals surface area contributed by atoms with Gasteiger partial charge in [-0.05, 0) is 38.1 Å². The summed E-state index contributed by atoms with van der Waals surface area (Å²) in [6.45, 7) is 3.06. The van der Waals surface area contributed by atoms with Crippen LogP contribution in [0.4, 0.5) is 5.00 Å². The number of esters is 2. The van der Waals surface area contributed by atoms with E-state index in [4.69, 9.17) is 23.4 Å². The Morgan fingerprint density at radius 1 is 1.12 bits per heavy atom. The third-order valence-corrected chi connectivity index (χ3v) is 5.54. The van der Waals surface area contributed by atoms with Gasteiger partial charge < -0.3 is 28.7 Å². The second-order valence-electron chi connectivity index (χ2n) is 7.00. The topological polar surface area (TPSA) is 113 Å². The van der Waals surface area contributed by atoms with Crippen molar-refractivity contribution >= 4 is 34.2 Å². The molecule has 0 aliphatic carbocycles. The van der Waals surface area contributed by atoms with Crippen LogP contribution in [0.2, 0.25) is 0 Å². The van der Waals surface area contributed by atoms with E-state index in [0.717, 1.165) is 11.3 Å². The summed E-state index contributed by atoms with van der Waals surface area (Å²) < 4.78 is 26.9. The van der Waals surface area contributed by atoms with Crippen LogP contribution in [0, 0.1) is 6.92 Å². The lowest BCUT2D eigenvalue weighted by molar-refractivity contribution is -0.156. The van der Waals surface area contributed by atoms with Crippen LogP contribution in [0.5, 0.6) is 11.5 Å². The van der Waals surface area contributed by atoms with Gasteiger partial charge in [-0.25, -0.2) is 9.59 Å². The number of benzene rings is 1. The lowest BCUT2D eigenvalue weighted by Gasteiger charge is -2.24. The molecule has 0 saturated carbocycles. The van der Waals surface area contributed by atoms with Crippen molar-refractivity contribution in [3.8, 4) is 22.8 Å². The smallest absolute Gasteiger partial charge is 0.351 e. The number of anilines is 1. The number of aryl methyl sites for hydroxylation is 1. The fourth-order valence-corrected chi connectivity index (χ4v) is 4.10. The predicted molar refractivity (Wildman–Crippen MR) is 119 cm³/mol. The molecule has 1 unspecified atom stereocenters. The monoisotopic (exact) mass is 471 g/mol. The molecular weight excluding hydrogens is 450 g/mol. The van der Waals surface area contributed by atoms with E-state index in [1.807, 2.05) is 0 Å². The summed E-state index contributed by atoms with van der Waals surface area (Å²) >= 11 is 1.14. The summed E-state index contributed by atoms with van der Waals surface area (Å²) in [4.78, 5) is 37.3. The van der Waals surface area contributed by atoms with Gasteiger partial charge in [0.15, 0.2) is 18.1 Å². The van der Waals surface area contributed by atoms with Crippen LogP contribution in [-0.4, -0.2) is 43.8 Å². The van der Waals surface area contributed by atoms with Gasteiger partial charge >= 0.3 is 11.9 Å². The highest BCUT2D eigenvalue weighted by Crippen LogP contribution is 2.37. The first kappa shape index (κ1) is 22.4. The molecule has 1 aliphatic rings. The van der Waals surface area contributed by atoms with Crippen molar-refractivity contribution in [1.29, 1.82) is 0 Å². The fourth-order valence-electron chi connectivity index (χ4n) is 3.14. The maximum atomic E-state index is 12.6. The van der Waals surface area contributed by atoms with Crippen molar-refractivity contribution in [2.75, 3.05) is 25.1 Å². The van der Waals surface area contributed by atoms with E-state index < -0.39 is 30.6 Å². The summed E-state index contributed by atoms with van der Waals surface area (Å²) in [7, 11) is 0. The zero-order valence-corrected chi connectivity index (χ0v) is 18.7. The molecule has 3 heterocycles.